The number of carbonyl (C=O) groups excluding carboxylic acids is 3. The maximum Gasteiger partial charge on any atom is 0.294 e. The number of nitrogens with zero attached hydrogens (tertiary/aromatic N) is 1. The minimum atomic E-state index is -0.896. The minimum Gasteiger partial charge on any atom is -0.394 e. The maximum atomic E-state index is 13.4. The molecule has 0 aliphatic rings. The first-order chi connectivity index (χ1) is 13.6. The molecule has 7 nitrogen and oxygen atoms in total. The molecule has 0 radical (unpaired) electrons. The van der Waals surface area contributed by atoms with Gasteiger partial charge in [-0.1, -0.05) is 18.5 Å². The van der Waals surface area contributed by atoms with E-state index in [0.29, 0.717) is 17.7 Å². The molecule has 0 bridgehead atoms. The number of aryl methyl sites for hydroxylation is 1. The van der Waals surface area contributed by atoms with Crippen LogP contribution in [0.2, 0.25) is 5.15 Å². The molecule has 3 N–H and O–H groups in total. The van der Waals surface area contributed by atoms with Gasteiger partial charge in [0, 0.05) is 12.7 Å². The van der Waals surface area contributed by atoms with Crippen LogP contribution in [-0.2, 0) is 11.8 Å². The van der Waals surface area contributed by atoms with Crippen molar-refractivity contribution < 1.29 is 23.9 Å². The summed E-state index contributed by atoms with van der Waals surface area (Å²) in [4.78, 5) is 37.6. The molecule has 0 fully saturated rings. The third kappa shape index (κ3) is 4.65. The minimum absolute atomic E-state index is 0.0100. The normalized spacial score (nSPS) is 11.8. The summed E-state index contributed by atoms with van der Waals surface area (Å²) in [6.45, 7) is 4.54. The maximum absolute atomic E-state index is 13.4. The van der Waals surface area contributed by atoms with E-state index in [9.17, 15) is 23.9 Å². The molecule has 2 aromatic rings. The van der Waals surface area contributed by atoms with Crippen LogP contribution in [0.5, 0.6) is 0 Å². The second-order valence-corrected chi connectivity index (χ2v) is 7.06. The number of halogens is 2. The number of carbonyl (C=O) groups is 3. The number of nitrogens with one attached hydrogen (secondary N) is 2. The van der Waals surface area contributed by atoms with E-state index in [1.54, 1.807) is 13.8 Å². The van der Waals surface area contributed by atoms with E-state index in [1.807, 2.05) is 0 Å². The number of anilines is 1. The van der Waals surface area contributed by atoms with Gasteiger partial charge in [-0.15, -0.1) is 0 Å². The first-order valence-electron chi connectivity index (χ1n) is 9.00. The Balaban J connectivity index is 2.33. The number of hydrogen-bond acceptors (Lipinski definition) is 4. The van der Waals surface area contributed by atoms with E-state index in [-0.39, 0.29) is 28.6 Å². The molecule has 0 saturated heterocycles. The summed E-state index contributed by atoms with van der Waals surface area (Å²) in [5, 5.41) is 14.3. The van der Waals surface area contributed by atoms with Crippen molar-refractivity contribution in [3.05, 3.63) is 51.6 Å². The smallest absolute Gasteiger partial charge is 0.294 e. The first-order valence-corrected chi connectivity index (χ1v) is 9.38. The van der Waals surface area contributed by atoms with E-state index in [2.05, 4.69) is 10.6 Å². The summed E-state index contributed by atoms with van der Waals surface area (Å²) in [7, 11) is 1.47. The lowest BCUT2D eigenvalue weighted by molar-refractivity contribution is -0.118. The standard InChI is InChI=1S/C20H23ClFN3O4/c1-5-12(9-26)23-20(29)17(27)16-11(3)15(18(21)25(16)4)19(28)24-13-6-7-14(22)10(2)8-13/h6-8,12,26H,5,9H2,1-4H3,(H,23,29)(H,24,28)/t12-/m0/s1. The van der Waals surface area contributed by atoms with Gasteiger partial charge in [0.1, 0.15) is 11.0 Å². The largest absolute Gasteiger partial charge is 0.394 e. The first kappa shape index (κ1) is 22.6. The van der Waals surface area contributed by atoms with E-state index in [1.165, 1.54) is 36.7 Å². The molecule has 1 atom stereocenters. The topological polar surface area (TPSA) is 100 Å². The molecule has 2 rings (SSSR count). The van der Waals surface area contributed by atoms with Crippen LogP contribution >= 0.6 is 11.6 Å². The van der Waals surface area contributed by atoms with Crippen LogP contribution < -0.4 is 10.6 Å². The second-order valence-electron chi connectivity index (χ2n) is 6.71. The highest BCUT2D eigenvalue weighted by Gasteiger charge is 2.30. The van der Waals surface area contributed by atoms with Crippen LogP contribution in [0, 0.1) is 19.7 Å². The van der Waals surface area contributed by atoms with E-state index < -0.39 is 29.5 Å². The van der Waals surface area contributed by atoms with Gasteiger partial charge in [-0.3, -0.25) is 14.4 Å². The Kier molecular flexibility index (Phi) is 7.16. The summed E-state index contributed by atoms with van der Waals surface area (Å²) >= 11 is 6.26. The molecule has 1 aromatic carbocycles. The van der Waals surface area contributed by atoms with Gasteiger partial charge in [-0.25, -0.2) is 4.39 Å². The lowest BCUT2D eigenvalue weighted by atomic mass is 10.1. The lowest BCUT2D eigenvalue weighted by Gasteiger charge is -2.13. The number of aliphatic hydroxyl groups excluding tert-OH is 1. The summed E-state index contributed by atoms with van der Waals surface area (Å²) < 4.78 is 14.7. The van der Waals surface area contributed by atoms with Crippen molar-refractivity contribution in [2.45, 2.75) is 33.2 Å². The predicted octanol–water partition coefficient (Wildman–Crippen LogP) is 2.76. The quantitative estimate of drug-likeness (QED) is 0.471. The molecule has 1 aromatic heterocycles. The Bertz CT molecular complexity index is 967. The molecule has 0 saturated carbocycles. The Hall–Kier alpha value is -2.71. The predicted molar refractivity (Wildman–Crippen MR) is 108 cm³/mol. The molecule has 0 unspecified atom stereocenters. The monoisotopic (exact) mass is 423 g/mol. The second kappa shape index (κ2) is 9.19. The van der Waals surface area contributed by atoms with Crippen molar-refractivity contribution in [1.29, 1.82) is 0 Å². The molecule has 29 heavy (non-hydrogen) atoms. The fourth-order valence-corrected chi connectivity index (χ4v) is 3.24. The molecular formula is C20H23ClFN3O4. The Labute approximate surface area is 172 Å². The van der Waals surface area contributed by atoms with Crippen molar-refractivity contribution in [1.82, 2.24) is 9.88 Å². The summed E-state index contributed by atoms with van der Waals surface area (Å²) in [6.07, 6.45) is 0.452. The van der Waals surface area contributed by atoms with Crippen molar-refractivity contribution in [2.75, 3.05) is 11.9 Å². The van der Waals surface area contributed by atoms with Gasteiger partial charge in [0.05, 0.1) is 23.9 Å². The Morgan fingerprint density at radius 3 is 2.48 bits per heavy atom. The highest BCUT2D eigenvalue weighted by Crippen LogP contribution is 2.28. The molecule has 0 aliphatic carbocycles. The van der Waals surface area contributed by atoms with Crippen LogP contribution in [0.25, 0.3) is 0 Å². The van der Waals surface area contributed by atoms with Gasteiger partial charge in [0.15, 0.2) is 0 Å². The molecule has 0 aliphatic heterocycles. The number of benzene rings is 1. The van der Waals surface area contributed by atoms with Gasteiger partial charge in [0.2, 0.25) is 0 Å². The Morgan fingerprint density at radius 2 is 1.93 bits per heavy atom. The third-order valence-corrected chi connectivity index (χ3v) is 5.12. The Morgan fingerprint density at radius 1 is 1.28 bits per heavy atom. The number of hydrogen-bond donors (Lipinski definition) is 3. The number of amides is 2. The van der Waals surface area contributed by atoms with E-state index >= 15 is 0 Å². The summed E-state index contributed by atoms with van der Waals surface area (Å²) in [5.74, 6) is -2.75. The molecular weight excluding hydrogens is 401 g/mol. The lowest BCUT2D eigenvalue weighted by Crippen LogP contribution is -2.41. The average Bonchev–Trinajstić information content (AvgIpc) is 2.90. The zero-order valence-corrected chi connectivity index (χ0v) is 17.4. The molecule has 0 spiro atoms. The van der Waals surface area contributed by atoms with Gasteiger partial charge in [-0.2, -0.15) is 0 Å². The molecule has 2 amide bonds. The van der Waals surface area contributed by atoms with Gasteiger partial charge >= 0.3 is 0 Å². The number of Topliss-reactive ketones (excluding diaryl/α,β-unsaturated/α-hetero) is 1. The molecule has 9 heteroatoms. The molecule has 1 heterocycles. The van der Waals surface area contributed by atoms with Crippen molar-refractivity contribution in [2.24, 2.45) is 7.05 Å². The molecule has 156 valence electrons. The highest BCUT2D eigenvalue weighted by atomic mass is 35.5. The van der Waals surface area contributed by atoms with Crippen molar-refractivity contribution in [3.63, 3.8) is 0 Å². The van der Waals surface area contributed by atoms with Crippen LogP contribution in [0.4, 0.5) is 10.1 Å². The summed E-state index contributed by atoms with van der Waals surface area (Å²) in [5.41, 5.74) is 0.987. The van der Waals surface area contributed by atoms with Crippen molar-refractivity contribution >= 4 is 34.9 Å². The fourth-order valence-electron chi connectivity index (χ4n) is 2.93. The zero-order valence-electron chi connectivity index (χ0n) is 16.6. The number of ketones is 1. The average molecular weight is 424 g/mol. The van der Waals surface area contributed by atoms with Crippen LogP contribution in [-0.4, -0.2) is 39.9 Å². The van der Waals surface area contributed by atoms with Crippen LogP contribution in [0.1, 0.15) is 45.3 Å². The van der Waals surface area contributed by atoms with E-state index in [0.717, 1.165) is 0 Å². The number of rotatable bonds is 7. The number of aliphatic hydroxyl groups is 1. The van der Waals surface area contributed by atoms with Crippen LogP contribution in [0.3, 0.4) is 0 Å². The highest BCUT2D eigenvalue weighted by molar-refractivity contribution is 6.44. The summed E-state index contributed by atoms with van der Waals surface area (Å²) in [6, 6.07) is 3.56. The van der Waals surface area contributed by atoms with Gasteiger partial charge in [0.25, 0.3) is 17.6 Å². The van der Waals surface area contributed by atoms with Crippen molar-refractivity contribution in [3.8, 4) is 0 Å². The SMILES string of the molecule is CC[C@@H](CO)NC(=O)C(=O)c1c(C)c(C(=O)Nc2ccc(F)c(C)c2)c(Cl)n1C. The van der Waals surface area contributed by atoms with E-state index in [4.69, 9.17) is 11.6 Å². The number of aromatic nitrogens is 1. The third-order valence-electron chi connectivity index (χ3n) is 4.68. The van der Waals surface area contributed by atoms with Gasteiger partial charge < -0.3 is 20.3 Å². The fraction of sp³-hybridized carbons (Fsp3) is 0.350. The van der Waals surface area contributed by atoms with Gasteiger partial charge in [-0.05, 0) is 49.6 Å². The zero-order chi connectivity index (χ0) is 21.9. The van der Waals surface area contributed by atoms with Crippen LogP contribution in [0.15, 0.2) is 18.2 Å².